The number of amides is 2. The number of nitrogens with zero attached hydrogens (tertiary/aromatic N) is 5. The zero-order valence-corrected chi connectivity index (χ0v) is 17.4. The zero-order chi connectivity index (χ0) is 21.3. The molecule has 0 spiro atoms. The minimum atomic E-state index is -0.911. The molecule has 0 bridgehead atoms. The maximum atomic E-state index is 12.4. The summed E-state index contributed by atoms with van der Waals surface area (Å²) in [5, 5.41) is 22.7. The van der Waals surface area contributed by atoms with Gasteiger partial charge in [-0.3, -0.25) is 14.5 Å². The van der Waals surface area contributed by atoms with Gasteiger partial charge in [0.15, 0.2) is 0 Å². The summed E-state index contributed by atoms with van der Waals surface area (Å²) in [6, 6.07) is 14.6. The van der Waals surface area contributed by atoms with Crippen molar-refractivity contribution in [3.63, 3.8) is 0 Å². The van der Waals surface area contributed by atoms with Gasteiger partial charge in [-0.1, -0.05) is 49.9 Å². The van der Waals surface area contributed by atoms with Crippen molar-refractivity contribution in [3.05, 3.63) is 65.2 Å². The fourth-order valence-corrected chi connectivity index (χ4v) is 4.08. The monoisotopic (exact) mass is 423 g/mol. The molecule has 2 aromatic carbocycles. The Bertz CT molecular complexity index is 1050. The Morgan fingerprint density at radius 2 is 1.63 bits per heavy atom. The van der Waals surface area contributed by atoms with Crippen LogP contribution >= 0.6 is 11.8 Å². The molecule has 0 saturated carbocycles. The first-order chi connectivity index (χ1) is 14.5. The summed E-state index contributed by atoms with van der Waals surface area (Å²) in [5.74, 6) is -0.0961. The van der Waals surface area contributed by atoms with Crippen molar-refractivity contribution >= 4 is 23.6 Å². The molecule has 30 heavy (non-hydrogen) atoms. The van der Waals surface area contributed by atoms with Crippen LogP contribution in [0.15, 0.2) is 53.7 Å². The number of aromatic nitrogens is 4. The Morgan fingerprint density at radius 3 is 2.23 bits per heavy atom. The van der Waals surface area contributed by atoms with Crippen LogP contribution in [0.1, 0.15) is 46.0 Å². The van der Waals surface area contributed by atoms with Gasteiger partial charge in [0.2, 0.25) is 5.16 Å². The number of carbonyl (C=O) groups excluding carboxylic acids is 2. The van der Waals surface area contributed by atoms with E-state index in [4.69, 9.17) is 0 Å². The molecular formula is C21H21N5O3S. The van der Waals surface area contributed by atoms with E-state index in [9.17, 15) is 14.7 Å². The van der Waals surface area contributed by atoms with Gasteiger partial charge >= 0.3 is 0 Å². The van der Waals surface area contributed by atoms with E-state index in [1.807, 2.05) is 24.3 Å². The first kappa shape index (κ1) is 20.2. The summed E-state index contributed by atoms with van der Waals surface area (Å²) in [4.78, 5) is 26.0. The van der Waals surface area contributed by atoms with Crippen LogP contribution in [0.4, 0.5) is 0 Å². The molecule has 2 heterocycles. The predicted molar refractivity (Wildman–Crippen MR) is 112 cm³/mol. The number of thioether (sulfide) groups is 1. The van der Waals surface area contributed by atoms with E-state index < -0.39 is 6.10 Å². The van der Waals surface area contributed by atoms with Crippen LogP contribution in [0.2, 0.25) is 0 Å². The van der Waals surface area contributed by atoms with Crippen LogP contribution in [0.5, 0.6) is 0 Å². The highest BCUT2D eigenvalue weighted by molar-refractivity contribution is 7.99. The second-order valence-corrected chi connectivity index (χ2v) is 8.34. The molecule has 1 aliphatic rings. The number of hydrogen-bond donors (Lipinski definition) is 1. The van der Waals surface area contributed by atoms with Crippen LogP contribution in [0.3, 0.4) is 0 Å². The third-order valence-electron chi connectivity index (χ3n) is 4.92. The first-order valence-electron chi connectivity index (χ1n) is 9.60. The molecular weight excluding hydrogens is 402 g/mol. The quantitative estimate of drug-likeness (QED) is 0.460. The molecule has 3 aromatic rings. The molecule has 0 fully saturated rings. The molecule has 1 aliphatic heterocycles. The average molecular weight is 423 g/mol. The number of aliphatic hydroxyl groups is 1. The van der Waals surface area contributed by atoms with E-state index in [0.717, 1.165) is 10.6 Å². The van der Waals surface area contributed by atoms with Crippen LogP contribution in [0.25, 0.3) is 5.69 Å². The van der Waals surface area contributed by atoms with Crippen molar-refractivity contribution < 1.29 is 14.7 Å². The third-order valence-corrected chi connectivity index (χ3v) is 5.99. The number of rotatable bonds is 7. The number of benzene rings is 2. The summed E-state index contributed by atoms with van der Waals surface area (Å²) in [6.45, 7) is 4.18. The number of carbonyl (C=O) groups is 2. The minimum Gasteiger partial charge on any atom is -0.390 e. The number of hydrogen-bond acceptors (Lipinski definition) is 7. The third kappa shape index (κ3) is 3.86. The molecule has 0 saturated heterocycles. The fraction of sp³-hybridized carbons (Fsp3) is 0.286. The SMILES string of the molecule is CC(C)c1ccc(-n2nnnc2SC[C@@H](O)CN2C(=O)c3ccccc3C2=O)cc1. The van der Waals surface area contributed by atoms with Gasteiger partial charge in [0.05, 0.1) is 29.5 Å². The second kappa shape index (κ2) is 8.37. The lowest BCUT2D eigenvalue weighted by Gasteiger charge is -2.18. The van der Waals surface area contributed by atoms with Gasteiger partial charge in [-0.25, -0.2) is 0 Å². The van der Waals surface area contributed by atoms with Crippen LogP contribution in [-0.2, 0) is 0 Å². The molecule has 0 unspecified atom stereocenters. The minimum absolute atomic E-state index is 0.0794. The van der Waals surface area contributed by atoms with Crippen molar-refractivity contribution in [2.75, 3.05) is 12.3 Å². The standard InChI is InChI=1S/C21H21N5O3S/c1-13(2)14-7-9-15(10-8-14)26-21(22-23-24-26)30-12-16(27)11-25-19(28)17-5-3-4-6-18(17)20(25)29/h3-10,13,16,27H,11-12H2,1-2H3/t16-/m0/s1. The van der Waals surface area contributed by atoms with Gasteiger partial charge in [-0.2, -0.15) is 4.68 Å². The number of fused-ring (bicyclic) bond motifs is 1. The van der Waals surface area contributed by atoms with Gasteiger partial charge in [0.25, 0.3) is 11.8 Å². The summed E-state index contributed by atoms with van der Waals surface area (Å²) in [5.41, 5.74) is 2.78. The highest BCUT2D eigenvalue weighted by atomic mass is 32.2. The summed E-state index contributed by atoms with van der Waals surface area (Å²) in [6.07, 6.45) is -0.911. The Labute approximate surface area is 177 Å². The van der Waals surface area contributed by atoms with Crippen molar-refractivity contribution in [1.29, 1.82) is 0 Å². The van der Waals surface area contributed by atoms with E-state index in [-0.39, 0.29) is 24.1 Å². The molecule has 8 nitrogen and oxygen atoms in total. The molecule has 4 rings (SSSR count). The number of imide groups is 1. The van der Waals surface area contributed by atoms with Crippen LogP contribution < -0.4 is 0 Å². The van der Waals surface area contributed by atoms with Gasteiger partial charge < -0.3 is 5.11 Å². The number of tetrazole rings is 1. The van der Waals surface area contributed by atoms with Crippen molar-refractivity contribution in [3.8, 4) is 5.69 Å². The van der Waals surface area contributed by atoms with E-state index >= 15 is 0 Å². The first-order valence-corrected chi connectivity index (χ1v) is 10.6. The normalized spacial score (nSPS) is 14.5. The fourth-order valence-electron chi connectivity index (χ4n) is 3.27. The van der Waals surface area contributed by atoms with Crippen LogP contribution in [-0.4, -0.2) is 60.4 Å². The lowest BCUT2D eigenvalue weighted by Crippen LogP contribution is -2.37. The zero-order valence-electron chi connectivity index (χ0n) is 16.6. The predicted octanol–water partition coefficient (Wildman–Crippen LogP) is 2.53. The highest BCUT2D eigenvalue weighted by Crippen LogP contribution is 2.24. The van der Waals surface area contributed by atoms with E-state index in [2.05, 4.69) is 29.4 Å². The largest absolute Gasteiger partial charge is 0.390 e. The summed E-state index contributed by atoms with van der Waals surface area (Å²) < 4.78 is 1.60. The van der Waals surface area contributed by atoms with Gasteiger partial charge in [-0.15, -0.1) is 5.10 Å². The van der Waals surface area contributed by atoms with E-state index in [0.29, 0.717) is 22.2 Å². The summed E-state index contributed by atoms with van der Waals surface area (Å²) in [7, 11) is 0. The molecule has 154 valence electrons. The molecule has 1 N–H and O–H groups in total. The molecule has 0 radical (unpaired) electrons. The average Bonchev–Trinajstić information content (AvgIpc) is 3.32. The maximum absolute atomic E-state index is 12.4. The second-order valence-electron chi connectivity index (χ2n) is 7.35. The molecule has 1 atom stereocenters. The Balaban J connectivity index is 1.40. The lowest BCUT2D eigenvalue weighted by atomic mass is 10.0. The maximum Gasteiger partial charge on any atom is 0.261 e. The lowest BCUT2D eigenvalue weighted by molar-refractivity contribution is 0.0567. The van der Waals surface area contributed by atoms with Gasteiger partial charge in [0.1, 0.15) is 0 Å². The van der Waals surface area contributed by atoms with Crippen LogP contribution in [0, 0.1) is 0 Å². The van der Waals surface area contributed by atoms with E-state index in [1.165, 1.54) is 17.3 Å². The summed E-state index contributed by atoms with van der Waals surface area (Å²) >= 11 is 1.26. The van der Waals surface area contributed by atoms with Gasteiger partial charge in [0, 0.05) is 5.75 Å². The Hall–Kier alpha value is -3.04. The molecule has 2 amide bonds. The molecule has 1 aromatic heterocycles. The van der Waals surface area contributed by atoms with Crippen molar-refractivity contribution in [1.82, 2.24) is 25.1 Å². The molecule has 0 aliphatic carbocycles. The highest BCUT2D eigenvalue weighted by Gasteiger charge is 2.36. The topological polar surface area (TPSA) is 101 Å². The van der Waals surface area contributed by atoms with Crippen molar-refractivity contribution in [2.45, 2.75) is 31.0 Å². The number of β-amino-alcohol motifs (C(OH)–C–C–N with tert-alkyl or cyclic N) is 1. The van der Waals surface area contributed by atoms with Gasteiger partial charge in [-0.05, 0) is 46.2 Å². The van der Waals surface area contributed by atoms with Crippen molar-refractivity contribution in [2.24, 2.45) is 0 Å². The van der Waals surface area contributed by atoms with E-state index in [1.54, 1.807) is 28.9 Å². The molecule has 9 heteroatoms. The smallest absolute Gasteiger partial charge is 0.261 e. The Kier molecular flexibility index (Phi) is 5.65. The number of aliphatic hydroxyl groups excluding tert-OH is 1. The Morgan fingerprint density at radius 1 is 1.00 bits per heavy atom.